The van der Waals surface area contributed by atoms with Crippen LogP contribution in [0, 0.1) is 5.92 Å². The molecule has 0 aromatic heterocycles. The number of hydrogen-bond acceptors (Lipinski definition) is 4. The van der Waals surface area contributed by atoms with Crippen LogP contribution in [-0.4, -0.2) is 35.8 Å². The Morgan fingerprint density at radius 3 is 2.81 bits per heavy atom. The van der Waals surface area contributed by atoms with Gasteiger partial charge in [0.2, 0.25) is 11.8 Å². The second-order valence-corrected chi connectivity index (χ2v) is 5.72. The number of carbonyl (C=O) groups is 2. The summed E-state index contributed by atoms with van der Waals surface area (Å²) in [7, 11) is 0. The summed E-state index contributed by atoms with van der Waals surface area (Å²) in [4.78, 5) is 25.4. The number of primary amides is 1. The topological polar surface area (TPSA) is 101 Å². The number of nitrogen functional groups attached to an aromatic ring is 1. The fraction of sp³-hybridized carbons (Fsp3) is 0.429. The molecule has 1 aromatic carbocycles. The maximum Gasteiger partial charge on any atom is 0.241 e. The molecule has 6 nitrogen and oxygen atoms in total. The number of amides is 2. The number of anilines is 2. The van der Waals surface area contributed by atoms with Crippen molar-refractivity contribution in [1.82, 2.24) is 4.90 Å². The molecule has 21 heavy (non-hydrogen) atoms. The van der Waals surface area contributed by atoms with E-state index in [9.17, 15) is 9.59 Å². The molecule has 0 aliphatic carbocycles. The first-order valence-corrected chi connectivity index (χ1v) is 7.15. The Morgan fingerprint density at radius 1 is 1.48 bits per heavy atom. The molecule has 2 rings (SSSR count). The van der Waals surface area contributed by atoms with Crippen LogP contribution in [0.4, 0.5) is 11.4 Å². The number of nitrogens with two attached hydrogens (primary N) is 2. The lowest BCUT2D eigenvalue weighted by Crippen LogP contribution is -2.41. The highest BCUT2D eigenvalue weighted by Gasteiger charge is 2.32. The molecule has 2 atom stereocenters. The number of halogens is 1. The SMILES string of the molecule is CC(C(=O)Nc1cc(Cl)ccc1N)N1CCC(C(N)=O)C1. The fourth-order valence-corrected chi connectivity index (χ4v) is 2.58. The van der Waals surface area contributed by atoms with E-state index < -0.39 is 0 Å². The summed E-state index contributed by atoms with van der Waals surface area (Å²) < 4.78 is 0. The van der Waals surface area contributed by atoms with Gasteiger partial charge in [0.25, 0.3) is 0 Å². The van der Waals surface area contributed by atoms with Gasteiger partial charge in [0, 0.05) is 11.6 Å². The van der Waals surface area contributed by atoms with Crippen LogP contribution in [-0.2, 0) is 9.59 Å². The molecular weight excluding hydrogens is 292 g/mol. The quantitative estimate of drug-likeness (QED) is 0.724. The van der Waals surface area contributed by atoms with E-state index in [0.29, 0.717) is 35.9 Å². The lowest BCUT2D eigenvalue weighted by atomic mass is 10.1. The Kier molecular flexibility index (Phi) is 4.69. The summed E-state index contributed by atoms with van der Waals surface area (Å²) in [6, 6.07) is 4.54. The van der Waals surface area contributed by atoms with Crippen molar-refractivity contribution in [2.24, 2.45) is 11.7 Å². The molecule has 114 valence electrons. The molecule has 1 aliphatic rings. The van der Waals surface area contributed by atoms with Crippen molar-refractivity contribution in [3.05, 3.63) is 23.2 Å². The highest BCUT2D eigenvalue weighted by molar-refractivity contribution is 6.31. The molecule has 5 N–H and O–H groups in total. The summed E-state index contributed by atoms with van der Waals surface area (Å²) in [5.41, 5.74) is 12.0. The lowest BCUT2D eigenvalue weighted by Gasteiger charge is -2.23. The van der Waals surface area contributed by atoms with E-state index >= 15 is 0 Å². The normalized spacial score (nSPS) is 20.2. The summed E-state index contributed by atoms with van der Waals surface area (Å²) in [5.74, 6) is -0.685. The summed E-state index contributed by atoms with van der Waals surface area (Å²) in [6.45, 7) is 2.97. The van der Waals surface area contributed by atoms with E-state index in [1.54, 1.807) is 25.1 Å². The van der Waals surface area contributed by atoms with Crippen molar-refractivity contribution < 1.29 is 9.59 Å². The fourth-order valence-electron chi connectivity index (χ4n) is 2.41. The molecule has 0 saturated carbocycles. The number of benzene rings is 1. The van der Waals surface area contributed by atoms with Crippen molar-refractivity contribution in [1.29, 1.82) is 0 Å². The zero-order chi connectivity index (χ0) is 15.6. The van der Waals surface area contributed by atoms with Gasteiger partial charge in [-0.1, -0.05) is 11.6 Å². The molecule has 1 aromatic rings. The van der Waals surface area contributed by atoms with Gasteiger partial charge in [-0.2, -0.15) is 0 Å². The Balaban J connectivity index is 2.00. The number of nitrogens with zero attached hydrogens (tertiary/aromatic N) is 1. The molecular formula is C14H19ClN4O2. The zero-order valence-electron chi connectivity index (χ0n) is 11.8. The Labute approximate surface area is 128 Å². The first kappa shape index (κ1) is 15.6. The van der Waals surface area contributed by atoms with Gasteiger partial charge in [-0.3, -0.25) is 14.5 Å². The van der Waals surface area contributed by atoms with E-state index in [1.165, 1.54) is 0 Å². The first-order valence-electron chi connectivity index (χ1n) is 6.77. The molecule has 0 spiro atoms. The van der Waals surface area contributed by atoms with Gasteiger partial charge in [-0.25, -0.2) is 0 Å². The van der Waals surface area contributed by atoms with Crippen LogP contribution in [0.1, 0.15) is 13.3 Å². The van der Waals surface area contributed by atoms with Crippen molar-refractivity contribution in [2.45, 2.75) is 19.4 Å². The Morgan fingerprint density at radius 2 is 2.19 bits per heavy atom. The minimum atomic E-state index is -0.368. The van der Waals surface area contributed by atoms with Gasteiger partial charge >= 0.3 is 0 Å². The maximum absolute atomic E-state index is 12.3. The van der Waals surface area contributed by atoms with Gasteiger partial charge in [-0.15, -0.1) is 0 Å². The van der Waals surface area contributed by atoms with Crippen LogP contribution < -0.4 is 16.8 Å². The predicted octanol–water partition coefficient (Wildman–Crippen LogP) is 1.06. The van der Waals surface area contributed by atoms with Gasteiger partial charge in [-0.05, 0) is 38.1 Å². The van der Waals surface area contributed by atoms with Crippen molar-refractivity contribution in [3.63, 3.8) is 0 Å². The number of carbonyl (C=O) groups excluding carboxylic acids is 2. The third-order valence-electron chi connectivity index (χ3n) is 3.82. The minimum absolute atomic E-state index is 0.184. The summed E-state index contributed by atoms with van der Waals surface area (Å²) in [6.07, 6.45) is 0.687. The molecule has 1 saturated heterocycles. The van der Waals surface area contributed by atoms with E-state index in [-0.39, 0.29) is 23.8 Å². The molecule has 1 aliphatic heterocycles. The second kappa shape index (κ2) is 6.32. The summed E-state index contributed by atoms with van der Waals surface area (Å²) in [5, 5.41) is 3.27. The molecule has 2 unspecified atom stereocenters. The largest absolute Gasteiger partial charge is 0.397 e. The standard InChI is InChI=1S/C14H19ClN4O2/c1-8(19-5-4-9(7-19)13(17)20)14(21)18-12-6-10(15)2-3-11(12)16/h2-3,6,8-9H,4-5,7,16H2,1H3,(H2,17,20)(H,18,21). The van der Waals surface area contributed by atoms with Crippen LogP contribution in [0.15, 0.2) is 18.2 Å². The van der Waals surface area contributed by atoms with Gasteiger partial charge < -0.3 is 16.8 Å². The van der Waals surface area contributed by atoms with Gasteiger partial charge in [0.15, 0.2) is 0 Å². The van der Waals surface area contributed by atoms with E-state index in [4.69, 9.17) is 23.1 Å². The average Bonchev–Trinajstić information content (AvgIpc) is 2.91. The summed E-state index contributed by atoms with van der Waals surface area (Å²) >= 11 is 5.89. The smallest absolute Gasteiger partial charge is 0.241 e. The highest BCUT2D eigenvalue weighted by Crippen LogP contribution is 2.24. The molecule has 0 radical (unpaired) electrons. The maximum atomic E-state index is 12.3. The van der Waals surface area contributed by atoms with Crippen LogP contribution in [0.2, 0.25) is 5.02 Å². The van der Waals surface area contributed by atoms with Crippen LogP contribution in [0.3, 0.4) is 0 Å². The number of nitrogens with one attached hydrogen (secondary N) is 1. The van der Waals surface area contributed by atoms with Crippen LogP contribution >= 0.6 is 11.6 Å². The molecule has 2 amide bonds. The molecule has 1 heterocycles. The van der Waals surface area contributed by atoms with Crippen molar-refractivity contribution in [3.8, 4) is 0 Å². The van der Waals surface area contributed by atoms with Crippen molar-refractivity contribution in [2.75, 3.05) is 24.1 Å². The number of hydrogen-bond donors (Lipinski definition) is 3. The van der Waals surface area contributed by atoms with Gasteiger partial charge in [0.05, 0.1) is 23.3 Å². The van der Waals surface area contributed by atoms with Gasteiger partial charge in [0.1, 0.15) is 0 Å². The molecule has 7 heteroatoms. The van der Waals surface area contributed by atoms with Crippen LogP contribution in [0.5, 0.6) is 0 Å². The number of likely N-dealkylation sites (tertiary alicyclic amines) is 1. The van der Waals surface area contributed by atoms with Crippen molar-refractivity contribution >= 4 is 34.8 Å². The Hall–Kier alpha value is -1.79. The molecule has 0 bridgehead atoms. The zero-order valence-corrected chi connectivity index (χ0v) is 12.6. The predicted molar refractivity (Wildman–Crippen MR) is 82.8 cm³/mol. The van der Waals surface area contributed by atoms with E-state index in [0.717, 1.165) is 0 Å². The minimum Gasteiger partial charge on any atom is -0.397 e. The lowest BCUT2D eigenvalue weighted by molar-refractivity contribution is -0.123. The average molecular weight is 311 g/mol. The third kappa shape index (κ3) is 3.65. The number of rotatable bonds is 4. The van der Waals surface area contributed by atoms with E-state index in [1.807, 2.05) is 4.90 Å². The Bertz CT molecular complexity index is 564. The monoisotopic (exact) mass is 310 g/mol. The first-order chi connectivity index (χ1) is 9.88. The second-order valence-electron chi connectivity index (χ2n) is 5.28. The van der Waals surface area contributed by atoms with Crippen LogP contribution in [0.25, 0.3) is 0 Å². The molecule has 1 fully saturated rings. The highest BCUT2D eigenvalue weighted by atomic mass is 35.5. The third-order valence-corrected chi connectivity index (χ3v) is 4.06. The van der Waals surface area contributed by atoms with E-state index in [2.05, 4.69) is 5.32 Å².